The number of phenols is 1. The second kappa shape index (κ2) is 48.7. The first kappa shape index (κ1) is 94.2. The van der Waals surface area contributed by atoms with E-state index in [1.807, 2.05) is 64.1 Å². The number of ether oxygens (including phenoxy) is 6. The van der Waals surface area contributed by atoms with E-state index in [2.05, 4.69) is 167 Å². The Balaban J connectivity index is 0.000000208. The van der Waals surface area contributed by atoms with E-state index in [1.54, 1.807) is 72.8 Å². The highest BCUT2D eigenvalue weighted by Gasteiger charge is 2.52. The van der Waals surface area contributed by atoms with Gasteiger partial charge in [-0.1, -0.05) is 121 Å². The Morgan fingerprint density at radius 3 is 0.955 bits per heavy atom. The normalized spacial score (nSPS) is 12.2. The Bertz CT molecular complexity index is 4510. The summed E-state index contributed by atoms with van der Waals surface area (Å²) in [6.07, 6.45) is 10.2. The van der Waals surface area contributed by atoms with Crippen LogP contribution in [0.4, 0.5) is 30.7 Å². The van der Waals surface area contributed by atoms with Gasteiger partial charge in [-0.15, -0.1) is 0 Å². The molecule has 1 saturated heterocycles. The summed E-state index contributed by atoms with van der Waals surface area (Å²) in [6, 6.07) is 44.4. The van der Waals surface area contributed by atoms with Gasteiger partial charge in [0, 0.05) is 84.1 Å². The summed E-state index contributed by atoms with van der Waals surface area (Å²) in [7, 11) is -0.681. The van der Waals surface area contributed by atoms with Gasteiger partial charge < -0.3 is 42.8 Å². The number of halogens is 14. The largest absolute Gasteiger partial charge is 0.508 e. The molecule has 13 nitrogen and oxygen atoms in total. The molecule has 0 bridgehead atoms. The van der Waals surface area contributed by atoms with Crippen molar-refractivity contribution < 1.29 is 73.6 Å². The molecular formula is C84H91BBr7F7N4O9. The van der Waals surface area contributed by atoms with E-state index in [-0.39, 0.29) is 40.7 Å². The van der Waals surface area contributed by atoms with Crippen LogP contribution in [0.3, 0.4) is 0 Å². The average Bonchev–Trinajstić information content (AvgIpc) is 1.63. The number of fused-ring (bicyclic) bond motifs is 2. The first-order chi connectivity index (χ1) is 53.5. The van der Waals surface area contributed by atoms with Crippen molar-refractivity contribution in [3.63, 3.8) is 0 Å². The van der Waals surface area contributed by atoms with Gasteiger partial charge in [-0.25, -0.2) is 30.7 Å². The minimum Gasteiger partial charge on any atom is -0.508 e. The van der Waals surface area contributed by atoms with Crippen LogP contribution >= 0.6 is 112 Å². The number of benzene rings is 9. The number of rotatable bonds is 26. The van der Waals surface area contributed by atoms with Gasteiger partial charge in [-0.2, -0.15) is 10.2 Å². The zero-order valence-corrected chi connectivity index (χ0v) is 74.7. The van der Waals surface area contributed by atoms with E-state index in [9.17, 15) is 30.7 Å². The van der Waals surface area contributed by atoms with Gasteiger partial charge in [0.05, 0.1) is 79.8 Å². The summed E-state index contributed by atoms with van der Waals surface area (Å²) < 4.78 is 142. The second-order valence-electron chi connectivity index (χ2n) is 26.0. The number of aromatic amines is 2. The standard InChI is InChI=1S/2C17H16BrFN2O.C16H24BFO3.2C10H12BrFO.C8H7Br2FO.C6H4BrFO/c2*1-2-3-8-22-12-5-7-13(15(19)10-12)17-14-6-4-11(18)9-16(14)20-21-17;1-6-7-10-19-12-8-9-13(14(18)11-12)17-20-15(2,3)16(4,5)21-17;2*1-2-3-6-13-8-4-5-9(11)10(12)7-8;9-3-4-12-6-1-2-7(10)8(11)5-6;7-5-2-1-4(9)3-6(5)8/h2*4-7,9-10H,2-3,8H2,1H3,(H,20,21);8-9,11H,6-7,10H2,1-5H3;2*4-5,7H,2-3,6H2,1H3;1-2,5H,3-4H2;1-3,9H. The molecule has 2 aromatic heterocycles. The molecule has 0 saturated carbocycles. The van der Waals surface area contributed by atoms with E-state index >= 15 is 0 Å². The first-order valence-electron chi connectivity index (χ1n) is 36.4. The second-order valence-corrected chi connectivity index (χ2v) is 32.0. The molecule has 1 fully saturated rings. The van der Waals surface area contributed by atoms with Crippen LogP contribution in [0, 0.1) is 40.7 Å². The van der Waals surface area contributed by atoms with Crippen LogP contribution in [0.25, 0.3) is 44.3 Å². The number of nitrogens with one attached hydrogen (secondary N) is 2. The number of aromatic hydroxyl groups is 1. The van der Waals surface area contributed by atoms with Crippen molar-refractivity contribution in [1.29, 1.82) is 0 Å². The average molecular weight is 2000 g/mol. The van der Waals surface area contributed by atoms with Gasteiger partial charge in [0.1, 0.15) is 92.4 Å². The van der Waals surface area contributed by atoms with E-state index in [1.165, 1.54) is 48.5 Å². The van der Waals surface area contributed by atoms with E-state index in [0.717, 1.165) is 106 Å². The fourth-order valence-electron chi connectivity index (χ4n) is 9.72. The smallest absolute Gasteiger partial charge is 0.497 e. The fraction of sp³-hybridized carbons (Fsp3) is 0.333. The molecule has 602 valence electrons. The fourth-order valence-corrected chi connectivity index (χ4v) is 11.6. The van der Waals surface area contributed by atoms with Crippen LogP contribution < -0.4 is 33.9 Å². The number of hydrogen-bond donors (Lipinski definition) is 3. The molecule has 1 aliphatic rings. The Morgan fingerprint density at radius 1 is 0.366 bits per heavy atom. The van der Waals surface area contributed by atoms with E-state index in [0.29, 0.717) is 120 Å². The molecule has 28 heteroatoms. The Labute approximate surface area is 710 Å². The predicted molar refractivity (Wildman–Crippen MR) is 460 cm³/mol. The molecule has 0 atom stereocenters. The SMILES string of the molecule is CCCCOc1ccc(-c2n[nH]c3cc(Br)ccc23)c(F)c1.CCCCOc1ccc(-c2n[nH]c3cc(Br)ccc23)c(F)c1.CCCCOc1ccc(B2OC(C)(C)C(C)(C)O2)c(F)c1.CCCCOc1ccc(Br)c(F)c1.CCCCOc1ccc(Br)c(F)c1.Fc1cc(OCCBr)ccc1Br.Oc1ccc(Br)c(F)c1. The molecule has 11 aromatic rings. The van der Waals surface area contributed by atoms with Crippen molar-refractivity contribution in [1.82, 2.24) is 20.4 Å². The number of alkyl halides is 1. The van der Waals surface area contributed by atoms with Crippen LogP contribution in [0.5, 0.6) is 40.2 Å². The summed E-state index contributed by atoms with van der Waals surface area (Å²) in [5.74, 6) is 0.989. The van der Waals surface area contributed by atoms with Crippen LogP contribution in [-0.2, 0) is 9.31 Å². The highest BCUT2D eigenvalue weighted by molar-refractivity contribution is 9.11. The van der Waals surface area contributed by atoms with Gasteiger partial charge in [0.2, 0.25) is 0 Å². The van der Waals surface area contributed by atoms with Crippen molar-refractivity contribution in [3.8, 4) is 62.8 Å². The zero-order chi connectivity index (χ0) is 81.9. The van der Waals surface area contributed by atoms with Gasteiger partial charge >= 0.3 is 7.12 Å². The highest BCUT2D eigenvalue weighted by Crippen LogP contribution is 2.38. The lowest BCUT2D eigenvalue weighted by Gasteiger charge is -2.32. The van der Waals surface area contributed by atoms with Crippen molar-refractivity contribution in [2.45, 2.75) is 138 Å². The van der Waals surface area contributed by atoms with Crippen molar-refractivity contribution in [3.05, 3.63) is 231 Å². The van der Waals surface area contributed by atoms with Crippen LogP contribution in [0.1, 0.15) is 127 Å². The topological polar surface area (TPSA) is 151 Å². The number of nitrogens with zero attached hydrogens (tertiary/aromatic N) is 2. The van der Waals surface area contributed by atoms with Crippen LogP contribution in [0.15, 0.2) is 191 Å². The zero-order valence-electron chi connectivity index (χ0n) is 63.6. The Hall–Kier alpha value is -6.63. The maximum atomic E-state index is 14.4. The number of aromatic nitrogens is 4. The lowest BCUT2D eigenvalue weighted by Crippen LogP contribution is -2.41. The lowest BCUT2D eigenvalue weighted by molar-refractivity contribution is 0.00578. The summed E-state index contributed by atoms with van der Waals surface area (Å²) >= 11 is 22.2. The van der Waals surface area contributed by atoms with Crippen LogP contribution in [0.2, 0.25) is 0 Å². The third-order valence-corrected chi connectivity index (χ3v) is 20.6. The number of unbranched alkanes of at least 4 members (excludes halogenated alkanes) is 5. The lowest BCUT2D eigenvalue weighted by atomic mass is 9.78. The van der Waals surface area contributed by atoms with Gasteiger partial charge in [0.25, 0.3) is 0 Å². The van der Waals surface area contributed by atoms with E-state index in [4.69, 9.17) is 42.8 Å². The maximum Gasteiger partial charge on any atom is 0.497 e. The first-order valence-corrected chi connectivity index (χ1v) is 42.3. The molecule has 3 N–H and O–H groups in total. The number of phenolic OH excluding ortho intramolecular Hbond substituents is 1. The quantitative estimate of drug-likeness (QED) is 0.0206. The Kier molecular flexibility index (Phi) is 41.0. The van der Waals surface area contributed by atoms with Gasteiger partial charge in [-0.05, 0) is 239 Å². The summed E-state index contributed by atoms with van der Waals surface area (Å²) in [5.41, 5.74) is 3.37. The summed E-state index contributed by atoms with van der Waals surface area (Å²) in [6.45, 7) is 21.9. The Morgan fingerprint density at radius 2 is 0.661 bits per heavy atom. The molecule has 9 aromatic carbocycles. The minimum atomic E-state index is -0.681. The third-order valence-electron chi connectivity index (χ3n) is 16.7. The molecular weight excluding hydrogens is 1910 g/mol. The molecule has 0 amide bonds. The number of hydrogen-bond acceptors (Lipinski definition) is 11. The monoisotopic (exact) mass is 2000 g/mol. The molecule has 0 aliphatic carbocycles. The van der Waals surface area contributed by atoms with Crippen molar-refractivity contribution in [2.75, 3.05) is 45.0 Å². The summed E-state index contributed by atoms with van der Waals surface area (Å²) in [5, 5.41) is 25.6. The molecule has 0 unspecified atom stereocenters. The maximum absolute atomic E-state index is 14.4. The van der Waals surface area contributed by atoms with Gasteiger partial charge in [-0.3, -0.25) is 10.2 Å². The van der Waals surface area contributed by atoms with Crippen molar-refractivity contribution in [2.24, 2.45) is 0 Å². The van der Waals surface area contributed by atoms with Gasteiger partial charge in [0.15, 0.2) is 0 Å². The highest BCUT2D eigenvalue weighted by atomic mass is 79.9. The van der Waals surface area contributed by atoms with E-state index < -0.39 is 24.1 Å². The number of H-pyrrole nitrogens is 2. The molecule has 112 heavy (non-hydrogen) atoms. The van der Waals surface area contributed by atoms with Crippen LogP contribution in [-0.4, -0.2) is 88.8 Å². The van der Waals surface area contributed by atoms with Crippen molar-refractivity contribution >= 4 is 146 Å². The molecule has 0 spiro atoms. The molecule has 1 aliphatic heterocycles. The third kappa shape index (κ3) is 30.5. The molecule has 3 heterocycles. The molecule has 0 radical (unpaired) electrons. The molecule has 12 rings (SSSR count). The predicted octanol–water partition coefficient (Wildman–Crippen LogP) is 27.1. The summed E-state index contributed by atoms with van der Waals surface area (Å²) in [4.78, 5) is 0. The minimum absolute atomic E-state index is 0.0595.